The number of carbonyl (C=O) groups excluding carboxylic acids is 1. The van der Waals surface area contributed by atoms with E-state index in [1.54, 1.807) is 12.3 Å². The molecule has 1 aliphatic rings. The van der Waals surface area contributed by atoms with Crippen molar-refractivity contribution in [2.45, 2.75) is 32.8 Å². The van der Waals surface area contributed by atoms with Gasteiger partial charge in [0, 0.05) is 6.21 Å². The van der Waals surface area contributed by atoms with Crippen molar-refractivity contribution in [2.75, 3.05) is 6.61 Å². The van der Waals surface area contributed by atoms with Crippen LogP contribution in [-0.4, -0.2) is 24.8 Å². The van der Waals surface area contributed by atoms with E-state index >= 15 is 0 Å². The molecule has 0 saturated heterocycles. The zero-order chi connectivity index (χ0) is 14.4. The molecule has 2 rings (SSSR count). The Hall–Kier alpha value is -2.04. The van der Waals surface area contributed by atoms with Gasteiger partial charge in [0.2, 0.25) is 6.10 Å². The number of carbonyl (C=O) groups is 1. The van der Waals surface area contributed by atoms with Gasteiger partial charge in [-0.2, -0.15) is 5.10 Å². The highest BCUT2D eigenvalue weighted by Crippen LogP contribution is 2.30. The maximum Gasteiger partial charge on any atom is 0.284 e. The maximum absolute atomic E-state index is 11.9. The second kappa shape index (κ2) is 6.93. The van der Waals surface area contributed by atoms with Gasteiger partial charge < -0.3 is 9.47 Å². The van der Waals surface area contributed by atoms with E-state index in [1.165, 1.54) is 0 Å². The highest BCUT2D eigenvalue weighted by atomic mass is 16.6. The molecule has 0 spiro atoms. The van der Waals surface area contributed by atoms with Crippen LogP contribution in [0.15, 0.2) is 29.4 Å². The number of hydrogen-bond acceptors (Lipinski definition) is 4. The number of nitrogens with one attached hydrogen (secondary N) is 1. The highest BCUT2D eigenvalue weighted by molar-refractivity contribution is 5.82. The Morgan fingerprint density at radius 2 is 2.10 bits per heavy atom. The Labute approximate surface area is 119 Å². The first kappa shape index (κ1) is 14.4. The monoisotopic (exact) mass is 276 g/mol. The van der Waals surface area contributed by atoms with E-state index in [9.17, 15) is 4.79 Å². The summed E-state index contributed by atoms with van der Waals surface area (Å²) >= 11 is 0. The van der Waals surface area contributed by atoms with E-state index < -0.39 is 6.10 Å². The summed E-state index contributed by atoms with van der Waals surface area (Å²) in [7, 11) is 0. The molecule has 1 heterocycles. The van der Waals surface area contributed by atoms with E-state index in [4.69, 9.17) is 9.47 Å². The summed E-state index contributed by atoms with van der Waals surface area (Å²) in [4.78, 5) is 11.9. The molecule has 5 heteroatoms. The van der Waals surface area contributed by atoms with Crippen molar-refractivity contribution >= 4 is 12.1 Å². The summed E-state index contributed by atoms with van der Waals surface area (Å²) in [6.45, 7) is 4.39. The second-order valence-electron chi connectivity index (χ2n) is 4.70. The Balaban J connectivity index is 1.89. The summed E-state index contributed by atoms with van der Waals surface area (Å²) in [5.74, 6) is 1.35. The van der Waals surface area contributed by atoms with Crippen molar-refractivity contribution < 1.29 is 14.3 Å². The molecule has 1 amide bonds. The van der Waals surface area contributed by atoms with E-state index in [2.05, 4.69) is 24.4 Å². The Bertz CT molecular complexity index is 484. The van der Waals surface area contributed by atoms with Crippen molar-refractivity contribution in [3.05, 3.63) is 24.3 Å². The highest BCUT2D eigenvalue weighted by Gasteiger charge is 2.26. The van der Waals surface area contributed by atoms with Gasteiger partial charge in [-0.15, -0.1) is 0 Å². The molecule has 1 N–H and O–H groups in total. The Morgan fingerprint density at radius 1 is 1.40 bits per heavy atom. The number of hydrogen-bond donors (Lipinski definition) is 1. The third-order valence-electron chi connectivity index (χ3n) is 3.31. The third kappa shape index (κ3) is 3.50. The van der Waals surface area contributed by atoms with Gasteiger partial charge in [0.25, 0.3) is 5.91 Å². The van der Waals surface area contributed by atoms with Gasteiger partial charge in [-0.25, -0.2) is 5.43 Å². The molecule has 0 aliphatic carbocycles. The van der Waals surface area contributed by atoms with Gasteiger partial charge in [-0.3, -0.25) is 4.79 Å². The predicted octanol–water partition coefficient (Wildman–Crippen LogP) is 2.36. The molecule has 0 bridgehead atoms. The van der Waals surface area contributed by atoms with Crippen LogP contribution in [0.2, 0.25) is 0 Å². The van der Waals surface area contributed by atoms with Gasteiger partial charge in [-0.05, 0) is 30.9 Å². The summed E-state index contributed by atoms with van der Waals surface area (Å²) in [6.07, 6.45) is 3.12. The van der Waals surface area contributed by atoms with Crippen LogP contribution in [-0.2, 0) is 4.79 Å². The first-order valence-electron chi connectivity index (χ1n) is 6.96. The quantitative estimate of drug-likeness (QED) is 0.663. The SMILES string of the molecule is CCC(C=NNC(=O)C1COc2ccccc2O1)CC. The minimum atomic E-state index is -0.663. The average Bonchev–Trinajstić information content (AvgIpc) is 2.51. The predicted molar refractivity (Wildman–Crippen MR) is 77.1 cm³/mol. The van der Waals surface area contributed by atoms with E-state index in [1.807, 2.05) is 18.2 Å². The first-order valence-corrected chi connectivity index (χ1v) is 6.96. The van der Waals surface area contributed by atoms with Gasteiger partial charge in [0.05, 0.1) is 0 Å². The maximum atomic E-state index is 11.9. The lowest BCUT2D eigenvalue weighted by Crippen LogP contribution is -2.42. The summed E-state index contributed by atoms with van der Waals surface area (Å²) in [5.41, 5.74) is 2.51. The third-order valence-corrected chi connectivity index (χ3v) is 3.31. The van der Waals surface area contributed by atoms with Crippen LogP contribution in [0.5, 0.6) is 11.5 Å². The minimum Gasteiger partial charge on any atom is -0.485 e. The van der Waals surface area contributed by atoms with Crippen LogP contribution < -0.4 is 14.9 Å². The summed E-state index contributed by atoms with van der Waals surface area (Å²) in [5, 5.41) is 3.98. The van der Waals surface area contributed by atoms with Gasteiger partial charge in [0.1, 0.15) is 6.61 Å². The molecule has 5 nitrogen and oxygen atoms in total. The zero-order valence-corrected chi connectivity index (χ0v) is 11.8. The van der Waals surface area contributed by atoms with Crippen molar-refractivity contribution in [2.24, 2.45) is 11.0 Å². The van der Waals surface area contributed by atoms with E-state index in [-0.39, 0.29) is 12.5 Å². The Kier molecular flexibility index (Phi) is 4.98. The zero-order valence-electron chi connectivity index (χ0n) is 11.8. The normalized spacial score (nSPS) is 17.4. The molecule has 1 aromatic rings. The van der Waals surface area contributed by atoms with Crippen LogP contribution in [0.25, 0.3) is 0 Å². The molecule has 0 fully saturated rings. The largest absolute Gasteiger partial charge is 0.485 e. The number of fused-ring (bicyclic) bond motifs is 1. The number of hydrazone groups is 1. The molecule has 0 aromatic heterocycles. The van der Waals surface area contributed by atoms with Gasteiger partial charge >= 0.3 is 0 Å². The molecule has 1 atom stereocenters. The van der Waals surface area contributed by atoms with Crippen LogP contribution in [0.4, 0.5) is 0 Å². The average molecular weight is 276 g/mol. The smallest absolute Gasteiger partial charge is 0.284 e. The van der Waals surface area contributed by atoms with Crippen LogP contribution in [0.1, 0.15) is 26.7 Å². The summed E-state index contributed by atoms with van der Waals surface area (Å²) < 4.78 is 11.1. The number of para-hydroxylation sites is 2. The lowest BCUT2D eigenvalue weighted by Gasteiger charge is -2.24. The van der Waals surface area contributed by atoms with Crippen molar-refractivity contribution in [3.63, 3.8) is 0 Å². The van der Waals surface area contributed by atoms with Crippen molar-refractivity contribution in [1.82, 2.24) is 5.43 Å². The molecule has 20 heavy (non-hydrogen) atoms. The van der Waals surface area contributed by atoms with Gasteiger partial charge in [-0.1, -0.05) is 26.0 Å². The van der Waals surface area contributed by atoms with Crippen molar-refractivity contribution in [1.29, 1.82) is 0 Å². The molecular weight excluding hydrogens is 256 g/mol. The lowest BCUT2D eigenvalue weighted by atomic mass is 10.1. The van der Waals surface area contributed by atoms with Crippen molar-refractivity contribution in [3.8, 4) is 11.5 Å². The molecule has 0 radical (unpaired) electrons. The Morgan fingerprint density at radius 3 is 2.80 bits per heavy atom. The lowest BCUT2D eigenvalue weighted by molar-refractivity contribution is -0.130. The number of rotatable bonds is 5. The van der Waals surface area contributed by atoms with Gasteiger partial charge in [0.15, 0.2) is 11.5 Å². The van der Waals surface area contributed by atoms with E-state index in [0.29, 0.717) is 17.4 Å². The standard InChI is InChI=1S/C15H20N2O3/c1-3-11(4-2)9-16-17-15(18)14-10-19-12-7-5-6-8-13(12)20-14/h5-9,11,14H,3-4,10H2,1-2H3,(H,17,18). The molecule has 1 unspecified atom stereocenters. The molecule has 108 valence electrons. The topological polar surface area (TPSA) is 59.9 Å². The van der Waals surface area contributed by atoms with E-state index in [0.717, 1.165) is 12.8 Å². The first-order chi connectivity index (χ1) is 9.74. The fourth-order valence-corrected chi connectivity index (χ4v) is 1.93. The fraction of sp³-hybridized carbons (Fsp3) is 0.467. The second-order valence-corrected chi connectivity index (χ2v) is 4.70. The van der Waals surface area contributed by atoms with Crippen LogP contribution >= 0.6 is 0 Å². The molecular formula is C15H20N2O3. The summed E-state index contributed by atoms with van der Waals surface area (Å²) in [6, 6.07) is 7.30. The number of ether oxygens (including phenoxy) is 2. The fourth-order valence-electron chi connectivity index (χ4n) is 1.93. The number of amides is 1. The number of benzene rings is 1. The number of nitrogens with zero attached hydrogens (tertiary/aromatic N) is 1. The molecule has 1 aliphatic heterocycles. The molecule has 0 saturated carbocycles. The van der Waals surface area contributed by atoms with Crippen LogP contribution in [0, 0.1) is 5.92 Å². The minimum absolute atomic E-state index is 0.198. The van der Waals surface area contributed by atoms with Crippen LogP contribution in [0.3, 0.4) is 0 Å². The molecule has 1 aromatic carbocycles.